The molecule has 0 aromatic heterocycles. The average Bonchev–Trinajstić information content (AvgIpc) is 2.25. The molecule has 1 aromatic rings. The molecule has 3 nitrogen and oxygen atoms in total. The lowest BCUT2D eigenvalue weighted by molar-refractivity contribution is -0.123. The zero-order chi connectivity index (χ0) is 14.6. The van der Waals surface area contributed by atoms with Crippen LogP contribution in [0, 0.1) is 0 Å². The molecule has 0 radical (unpaired) electrons. The Labute approximate surface area is 123 Å². The molecule has 0 heterocycles. The summed E-state index contributed by atoms with van der Waals surface area (Å²) < 4.78 is 6.66. The van der Waals surface area contributed by atoms with Crippen molar-refractivity contribution in [2.75, 3.05) is 6.61 Å². The first-order valence-corrected chi connectivity index (χ1v) is 7.21. The first-order chi connectivity index (χ1) is 8.70. The molecule has 1 N–H and O–H groups in total. The van der Waals surface area contributed by atoms with Crippen LogP contribution in [0.5, 0.6) is 5.75 Å². The summed E-state index contributed by atoms with van der Waals surface area (Å²) in [5.41, 5.74) is 1.05. The molecule has 0 saturated heterocycles. The second-order valence-electron chi connectivity index (χ2n) is 5.90. The van der Waals surface area contributed by atoms with Crippen LogP contribution >= 0.6 is 15.9 Å². The van der Waals surface area contributed by atoms with E-state index in [-0.39, 0.29) is 24.0 Å². The maximum Gasteiger partial charge on any atom is 0.258 e. The largest absolute Gasteiger partial charge is 0.483 e. The predicted octanol–water partition coefficient (Wildman–Crippen LogP) is 3.65. The van der Waals surface area contributed by atoms with Crippen molar-refractivity contribution in [1.82, 2.24) is 5.32 Å². The molecule has 1 rings (SSSR count). The molecule has 4 heteroatoms. The van der Waals surface area contributed by atoms with Gasteiger partial charge < -0.3 is 10.1 Å². The molecule has 19 heavy (non-hydrogen) atoms. The Morgan fingerprint density at radius 3 is 2.53 bits per heavy atom. The number of amides is 1. The summed E-state index contributed by atoms with van der Waals surface area (Å²) in [5, 5.41) is 2.81. The Kier molecular flexibility index (Phi) is 5.41. The van der Waals surface area contributed by atoms with Gasteiger partial charge in [-0.3, -0.25) is 4.79 Å². The lowest BCUT2D eigenvalue weighted by Crippen LogP contribution is -2.34. The van der Waals surface area contributed by atoms with Gasteiger partial charge in [-0.1, -0.05) is 36.7 Å². The SMILES string of the molecule is CC(C)NC(=O)COc1ccc(Br)cc1C(C)(C)C. The molecule has 0 atom stereocenters. The van der Waals surface area contributed by atoms with Gasteiger partial charge in [0, 0.05) is 16.1 Å². The zero-order valence-electron chi connectivity index (χ0n) is 12.2. The Balaban J connectivity index is 2.81. The predicted molar refractivity (Wildman–Crippen MR) is 81.6 cm³/mol. The highest BCUT2D eigenvalue weighted by molar-refractivity contribution is 9.10. The van der Waals surface area contributed by atoms with Gasteiger partial charge in [-0.2, -0.15) is 0 Å². The molecule has 0 bridgehead atoms. The van der Waals surface area contributed by atoms with Crippen LogP contribution in [0.3, 0.4) is 0 Å². The van der Waals surface area contributed by atoms with Gasteiger partial charge in [-0.25, -0.2) is 0 Å². The monoisotopic (exact) mass is 327 g/mol. The Bertz CT molecular complexity index is 450. The summed E-state index contributed by atoms with van der Waals surface area (Å²) in [6.07, 6.45) is 0. The summed E-state index contributed by atoms with van der Waals surface area (Å²) in [7, 11) is 0. The van der Waals surface area contributed by atoms with E-state index in [0.717, 1.165) is 15.8 Å². The van der Waals surface area contributed by atoms with Crippen molar-refractivity contribution in [3.63, 3.8) is 0 Å². The molecule has 0 unspecified atom stereocenters. The number of carbonyl (C=O) groups is 1. The van der Waals surface area contributed by atoms with E-state index in [1.54, 1.807) is 0 Å². The smallest absolute Gasteiger partial charge is 0.258 e. The fourth-order valence-electron chi connectivity index (χ4n) is 1.72. The summed E-state index contributed by atoms with van der Waals surface area (Å²) in [4.78, 5) is 11.6. The van der Waals surface area contributed by atoms with Crippen molar-refractivity contribution in [2.24, 2.45) is 0 Å². The highest BCUT2D eigenvalue weighted by atomic mass is 79.9. The van der Waals surface area contributed by atoms with Crippen LogP contribution in [0.15, 0.2) is 22.7 Å². The highest BCUT2D eigenvalue weighted by Crippen LogP contribution is 2.33. The Morgan fingerprint density at radius 1 is 1.37 bits per heavy atom. The van der Waals surface area contributed by atoms with E-state index in [2.05, 4.69) is 42.0 Å². The number of nitrogens with one attached hydrogen (secondary N) is 1. The third-order valence-electron chi connectivity index (χ3n) is 2.56. The summed E-state index contributed by atoms with van der Waals surface area (Å²) >= 11 is 3.47. The molecule has 0 fully saturated rings. The quantitative estimate of drug-likeness (QED) is 0.916. The maximum atomic E-state index is 11.6. The minimum Gasteiger partial charge on any atom is -0.483 e. The molecule has 0 saturated carbocycles. The number of hydrogen-bond donors (Lipinski definition) is 1. The van der Waals surface area contributed by atoms with Crippen molar-refractivity contribution in [3.05, 3.63) is 28.2 Å². The summed E-state index contributed by atoms with van der Waals surface area (Å²) in [6, 6.07) is 5.98. The van der Waals surface area contributed by atoms with E-state index >= 15 is 0 Å². The molecular weight excluding hydrogens is 306 g/mol. The highest BCUT2D eigenvalue weighted by Gasteiger charge is 2.20. The zero-order valence-corrected chi connectivity index (χ0v) is 13.8. The van der Waals surface area contributed by atoms with Crippen LogP contribution < -0.4 is 10.1 Å². The molecule has 1 aromatic carbocycles. The van der Waals surface area contributed by atoms with Gasteiger partial charge in [0.25, 0.3) is 5.91 Å². The van der Waals surface area contributed by atoms with Crippen LogP contribution in [-0.2, 0) is 10.2 Å². The van der Waals surface area contributed by atoms with Crippen LogP contribution in [0.1, 0.15) is 40.2 Å². The Hall–Kier alpha value is -1.03. The van der Waals surface area contributed by atoms with E-state index in [4.69, 9.17) is 4.74 Å². The van der Waals surface area contributed by atoms with Gasteiger partial charge in [-0.05, 0) is 37.5 Å². The van der Waals surface area contributed by atoms with Crippen molar-refractivity contribution in [2.45, 2.75) is 46.1 Å². The number of ether oxygens (including phenoxy) is 1. The Morgan fingerprint density at radius 2 is 2.00 bits per heavy atom. The lowest BCUT2D eigenvalue weighted by Gasteiger charge is -2.23. The molecule has 0 aliphatic rings. The first kappa shape index (κ1) is 16.0. The minimum absolute atomic E-state index is 0.0341. The van der Waals surface area contributed by atoms with E-state index in [9.17, 15) is 4.79 Å². The van der Waals surface area contributed by atoms with Gasteiger partial charge in [0.1, 0.15) is 5.75 Å². The number of hydrogen-bond acceptors (Lipinski definition) is 2. The van der Waals surface area contributed by atoms with Gasteiger partial charge >= 0.3 is 0 Å². The fraction of sp³-hybridized carbons (Fsp3) is 0.533. The van der Waals surface area contributed by atoms with E-state index in [1.807, 2.05) is 32.0 Å². The topological polar surface area (TPSA) is 38.3 Å². The lowest BCUT2D eigenvalue weighted by atomic mass is 9.86. The van der Waals surface area contributed by atoms with Crippen molar-refractivity contribution in [3.8, 4) is 5.75 Å². The van der Waals surface area contributed by atoms with E-state index in [0.29, 0.717) is 0 Å². The normalized spacial score (nSPS) is 11.5. The van der Waals surface area contributed by atoms with Gasteiger partial charge in [0.05, 0.1) is 0 Å². The third-order valence-corrected chi connectivity index (χ3v) is 3.05. The molecule has 0 aliphatic heterocycles. The molecule has 1 amide bonds. The van der Waals surface area contributed by atoms with Crippen molar-refractivity contribution < 1.29 is 9.53 Å². The van der Waals surface area contributed by atoms with Crippen LogP contribution in [0.2, 0.25) is 0 Å². The molecule has 106 valence electrons. The minimum atomic E-state index is -0.0993. The van der Waals surface area contributed by atoms with Gasteiger partial charge in [0.2, 0.25) is 0 Å². The second kappa shape index (κ2) is 6.42. The van der Waals surface area contributed by atoms with Gasteiger partial charge in [-0.15, -0.1) is 0 Å². The summed E-state index contributed by atoms with van der Waals surface area (Å²) in [6.45, 7) is 10.3. The molecular formula is C15H22BrNO2. The maximum absolute atomic E-state index is 11.6. The third kappa shape index (κ3) is 5.23. The van der Waals surface area contributed by atoms with Gasteiger partial charge in [0.15, 0.2) is 6.61 Å². The fourth-order valence-corrected chi connectivity index (χ4v) is 2.08. The van der Waals surface area contributed by atoms with E-state index in [1.165, 1.54) is 0 Å². The average molecular weight is 328 g/mol. The van der Waals surface area contributed by atoms with Crippen molar-refractivity contribution in [1.29, 1.82) is 0 Å². The van der Waals surface area contributed by atoms with Crippen LogP contribution in [0.25, 0.3) is 0 Å². The second-order valence-corrected chi connectivity index (χ2v) is 6.82. The number of rotatable bonds is 4. The number of benzene rings is 1. The standard InChI is InChI=1S/C15H22BrNO2/c1-10(2)17-14(18)9-19-13-7-6-11(16)8-12(13)15(3,4)5/h6-8,10H,9H2,1-5H3,(H,17,18). The molecule has 0 spiro atoms. The van der Waals surface area contributed by atoms with Crippen LogP contribution in [0.4, 0.5) is 0 Å². The first-order valence-electron chi connectivity index (χ1n) is 6.42. The number of halogens is 1. The van der Waals surface area contributed by atoms with E-state index < -0.39 is 0 Å². The van der Waals surface area contributed by atoms with Crippen LogP contribution in [-0.4, -0.2) is 18.6 Å². The summed E-state index contributed by atoms with van der Waals surface area (Å²) in [5.74, 6) is 0.660. The molecule has 0 aliphatic carbocycles. The van der Waals surface area contributed by atoms with Crippen molar-refractivity contribution >= 4 is 21.8 Å². The number of carbonyl (C=O) groups excluding carboxylic acids is 1.